The summed E-state index contributed by atoms with van der Waals surface area (Å²) in [6, 6.07) is 11.3. The number of imide groups is 1. The van der Waals surface area contributed by atoms with Crippen molar-refractivity contribution in [3.8, 4) is 5.75 Å². The van der Waals surface area contributed by atoms with Gasteiger partial charge in [-0.3, -0.25) is 19.3 Å². The summed E-state index contributed by atoms with van der Waals surface area (Å²) in [5.74, 6) is -1.44. The van der Waals surface area contributed by atoms with Crippen LogP contribution in [0.1, 0.15) is 20.7 Å². The molecule has 1 aliphatic heterocycles. The second-order valence-corrected chi connectivity index (χ2v) is 6.18. The lowest BCUT2D eigenvalue weighted by Gasteiger charge is -2.13. The zero-order valence-corrected chi connectivity index (χ0v) is 14.9. The topological polar surface area (TPSA) is 72.9 Å². The molecule has 0 fully saturated rings. The summed E-state index contributed by atoms with van der Waals surface area (Å²) in [6.07, 6.45) is 0. The van der Waals surface area contributed by atoms with Crippen molar-refractivity contribution in [3.05, 3.63) is 63.6 Å². The van der Waals surface area contributed by atoms with Gasteiger partial charge in [0.15, 0.2) is 5.75 Å². The van der Waals surface area contributed by atoms with E-state index >= 15 is 0 Å². The van der Waals surface area contributed by atoms with Gasteiger partial charge in [-0.05, 0) is 24.3 Å². The van der Waals surface area contributed by atoms with Crippen molar-refractivity contribution >= 4 is 41.0 Å². The summed E-state index contributed by atoms with van der Waals surface area (Å²) >= 11 is 11.9. The summed E-state index contributed by atoms with van der Waals surface area (Å²) in [5, 5.41) is 0.685. The number of halogens is 2. The molecule has 6 nitrogen and oxygen atoms in total. The highest BCUT2D eigenvalue weighted by atomic mass is 35.5. The number of benzene rings is 2. The molecule has 3 rings (SSSR count). The number of hydrogen-bond donors (Lipinski definition) is 0. The molecule has 0 saturated heterocycles. The van der Waals surface area contributed by atoms with Gasteiger partial charge in [-0.25, -0.2) is 0 Å². The fourth-order valence-electron chi connectivity index (χ4n) is 2.48. The van der Waals surface area contributed by atoms with Crippen LogP contribution < -0.4 is 4.74 Å². The zero-order valence-electron chi connectivity index (χ0n) is 13.4. The molecule has 0 atom stereocenters. The molecule has 8 heteroatoms. The first kappa shape index (κ1) is 18.2. The molecular formula is C18H13Cl2NO5. The molecule has 0 saturated carbocycles. The molecule has 0 aliphatic carbocycles. The predicted molar refractivity (Wildman–Crippen MR) is 94.7 cm³/mol. The summed E-state index contributed by atoms with van der Waals surface area (Å²) in [4.78, 5) is 37.1. The van der Waals surface area contributed by atoms with Crippen molar-refractivity contribution in [2.75, 3.05) is 19.8 Å². The number of carbonyl (C=O) groups is 3. The average Bonchev–Trinajstić information content (AvgIpc) is 2.86. The maximum absolute atomic E-state index is 12.2. The van der Waals surface area contributed by atoms with E-state index in [2.05, 4.69) is 0 Å². The lowest BCUT2D eigenvalue weighted by molar-refractivity contribution is -0.144. The Morgan fingerprint density at radius 2 is 1.46 bits per heavy atom. The third-order valence-electron chi connectivity index (χ3n) is 3.68. The third kappa shape index (κ3) is 3.66. The fraction of sp³-hybridized carbons (Fsp3) is 0.167. The number of fused-ring (bicyclic) bond motifs is 1. The molecular weight excluding hydrogens is 381 g/mol. The maximum Gasteiger partial charge on any atom is 0.326 e. The maximum atomic E-state index is 12.2. The Labute approximate surface area is 159 Å². The minimum absolute atomic E-state index is 0.0251. The Kier molecular flexibility index (Phi) is 5.44. The van der Waals surface area contributed by atoms with Crippen LogP contribution in [0.4, 0.5) is 0 Å². The molecule has 2 aromatic carbocycles. The van der Waals surface area contributed by atoms with E-state index < -0.39 is 24.3 Å². The lowest BCUT2D eigenvalue weighted by atomic mass is 10.1. The monoisotopic (exact) mass is 393 g/mol. The van der Waals surface area contributed by atoms with Gasteiger partial charge < -0.3 is 9.47 Å². The summed E-state index contributed by atoms with van der Waals surface area (Å²) in [7, 11) is 0. The van der Waals surface area contributed by atoms with Crippen molar-refractivity contribution in [1.82, 2.24) is 4.90 Å². The molecule has 134 valence electrons. The van der Waals surface area contributed by atoms with Gasteiger partial charge in [0.05, 0.1) is 21.2 Å². The summed E-state index contributed by atoms with van der Waals surface area (Å²) in [6.45, 7) is -0.514. The molecule has 0 bridgehead atoms. The zero-order chi connectivity index (χ0) is 18.7. The van der Waals surface area contributed by atoms with Gasteiger partial charge in [0.2, 0.25) is 0 Å². The molecule has 0 aromatic heterocycles. The van der Waals surface area contributed by atoms with Crippen molar-refractivity contribution < 1.29 is 23.9 Å². The van der Waals surface area contributed by atoms with Crippen LogP contribution in [0.5, 0.6) is 5.75 Å². The van der Waals surface area contributed by atoms with Crippen LogP contribution in [-0.2, 0) is 9.53 Å². The van der Waals surface area contributed by atoms with Crippen molar-refractivity contribution in [3.63, 3.8) is 0 Å². The number of carbonyl (C=O) groups excluding carboxylic acids is 3. The molecule has 0 spiro atoms. The van der Waals surface area contributed by atoms with Gasteiger partial charge in [0.1, 0.15) is 19.8 Å². The smallest absolute Gasteiger partial charge is 0.326 e. The highest BCUT2D eigenvalue weighted by Crippen LogP contribution is 2.32. The van der Waals surface area contributed by atoms with Crippen LogP contribution >= 0.6 is 23.2 Å². The fourth-order valence-corrected chi connectivity index (χ4v) is 2.98. The van der Waals surface area contributed by atoms with Crippen LogP contribution in [0.15, 0.2) is 42.5 Å². The molecule has 2 amide bonds. The first-order chi connectivity index (χ1) is 12.5. The van der Waals surface area contributed by atoms with Gasteiger partial charge in [-0.1, -0.05) is 41.4 Å². The van der Waals surface area contributed by atoms with E-state index in [-0.39, 0.29) is 24.3 Å². The first-order valence-corrected chi connectivity index (χ1v) is 8.42. The molecule has 0 radical (unpaired) electrons. The van der Waals surface area contributed by atoms with Crippen LogP contribution in [-0.4, -0.2) is 42.4 Å². The van der Waals surface area contributed by atoms with E-state index in [9.17, 15) is 14.4 Å². The van der Waals surface area contributed by atoms with Crippen LogP contribution in [0.2, 0.25) is 10.0 Å². The SMILES string of the molecule is O=C(CN1C(=O)c2ccccc2C1=O)OCCOc1c(Cl)cccc1Cl. The Morgan fingerprint density at radius 3 is 2.04 bits per heavy atom. The number of esters is 1. The van der Waals surface area contributed by atoms with Gasteiger partial charge in [-0.15, -0.1) is 0 Å². The average molecular weight is 394 g/mol. The minimum Gasteiger partial charge on any atom is -0.487 e. The van der Waals surface area contributed by atoms with Crippen molar-refractivity contribution in [2.45, 2.75) is 0 Å². The molecule has 1 heterocycles. The largest absolute Gasteiger partial charge is 0.487 e. The van der Waals surface area contributed by atoms with Gasteiger partial charge in [-0.2, -0.15) is 0 Å². The number of ether oxygens (including phenoxy) is 2. The molecule has 26 heavy (non-hydrogen) atoms. The van der Waals surface area contributed by atoms with E-state index in [0.29, 0.717) is 15.8 Å². The standard InChI is InChI=1S/C18H13Cl2NO5/c19-13-6-3-7-14(20)16(13)26-9-8-25-15(22)10-21-17(23)11-4-1-2-5-12(11)18(21)24/h1-7H,8-10H2. The van der Waals surface area contributed by atoms with Crippen molar-refractivity contribution in [1.29, 1.82) is 0 Å². The Balaban J connectivity index is 1.50. The minimum atomic E-state index is -0.714. The molecule has 0 unspecified atom stereocenters. The van der Waals surface area contributed by atoms with E-state index in [1.807, 2.05) is 0 Å². The summed E-state index contributed by atoms with van der Waals surface area (Å²) in [5.41, 5.74) is 0.559. The number of amides is 2. The Bertz CT molecular complexity index is 828. The predicted octanol–water partition coefficient (Wildman–Crippen LogP) is 3.21. The first-order valence-electron chi connectivity index (χ1n) is 7.66. The second kappa shape index (κ2) is 7.76. The van der Waals surface area contributed by atoms with Crippen LogP contribution in [0.3, 0.4) is 0 Å². The van der Waals surface area contributed by atoms with Crippen molar-refractivity contribution in [2.24, 2.45) is 0 Å². The highest BCUT2D eigenvalue weighted by molar-refractivity contribution is 6.37. The van der Waals surface area contributed by atoms with Gasteiger partial charge >= 0.3 is 5.97 Å². The second-order valence-electron chi connectivity index (χ2n) is 5.36. The van der Waals surface area contributed by atoms with E-state index in [1.165, 1.54) is 0 Å². The number of rotatable bonds is 6. The summed E-state index contributed by atoms with van der Waals surface area (Å²) < 4.78 is 10.4. The van der Waals surface area contributed by atoms with Crippen LogP contribution in [0.25, 0.3) is 0 Å². The van der Waals surface area contributed by atoms with Crippen LogP contribution in [0, 0.1) is 0 Å². The third-order valence-corrected chi connectivity index (χ3v) is 4.27. The molecule has 0 N–H and O–H groups in total. The molecule has 1 aliphatic rings. The molecule has 2 aromatic rings. The van der Waals surface area contributed by atoms with Gasteiger partial charge in [0.25, 0.3) is 11.8 Å². The Morgan fingerprint density at radius 1 is 0.885 bits per heavy atom. The number of nitrogens with zero attached hydrogens (tertiary/aromatic N) is 1. The van der Waals surface area contributed by atoms with E-state index in [0.717, 1.165) is 4.90 Å². The highest BCUT2D eigenvalue weighted by Gasteiger charge is 2.36. The normalized spacial score (nSPS) is 12.9. The number of hydrogen-bond acceptors (Lipinski definition) is 5. The quantitative estimate of drug-likeness (QED) is 0.428. The van der Waals surface area contributed by atoms with E-state index in [1.54, 1.807) is 42.5 Å². The number of para-hydroxylation sites is 1. The lowest BCUT2D eigenvalue weighted by Crippen LogP contribution is -2.36. The Hall–Kier alpha value is -2.57. The van der Waals surface area contributed by atoms with E-state index in [4.69, 9.17) is 32.7 Å². The van der Waals surface area contributed by atoms with Gasteiger partial charge in [0, 0.05) is 0 Å².